The van der Waals surface area contributed by atoms with Crippen LogP contribution in [0.25, 0.3) is 0 Å². The molecule has 1 heteroatoms. The third-order valence-electron chi connectivity index (χ3n) is 8.34. The maximum absolute atomic E-state index is 3.92. The molecule has 4 fully saturated rings. The van der Waals surface area contributed by atoms with Crippen molar-refractivity contribution in [1.82, 2.24) is 5.32 Å². The number of fused-ring (bicyclic) bond motifs is 3. The summed E-state index contributed by atoms with van der Waals surface area (Å²) in [5.74, 6) is 1.97. The van der Waals surface area contributed by atoms with Crippen LogP contribution >= 0.6 is 0 Å². The van der Waals surface area contributed by atoms with Crippen LogP contribution in [-0.4, -0.2) is 12.1 Å². The molecular formula is C19H33N. The highest BCUT2D eigenvalue weighted by Gasteiger charge is 2.64. The van der Waals surface area contributed by atoms with Gasteiger partial charge in [0.15, 0.2) is 0 Å². The average molecular weight is 275 g/mol. The summed E-state index contributed by atoms with van der Waals surface area (Å²) >= 11 is 0. The summed E-state index contributed by atoms with van der Waals surface area (Å²) in [7, 11) is 0. The Hall–Kier alpha value is -0.0400. The van der Waals surface area contributed by atoms with E-state index in [-0.39, 0.29) is 0 Å². The minimum Gasteiger partial charge on any atom is -0.311 e. The van der Waals surface area contributed by atoms with Crippen LogP contribution in [0.4, 0.5) is 0 Å². The van der Waals surface area contributed by atoms with E-state index in [1.807, 2.05) is 0 Å². The highest BCUT2D eigenvalue weighted by molar-refractivity contribution is 5.16. The van der Waals surface area contributed by atoms with Gasteiger partial charge in [0, 0.05) is 12.1 Å². The number of hydrogen-bond donors (Lipinski definition) is 1. The van der Waals surface area contributed by atoms with Gasteiger partial charge >= 0.3 is 0 Å². The molecule has 0 amide bonds. The monoisotopic (exact) mass is 275 g/mol. The molecule has 1 heterocycles. The van der Waals surface area contributed by atoms with Gasteiger partial charge < -0.3 is 5.32 Å². The molecule has 0 aromatic rings. The van der Waals surface area contributed by atoms with Gasteiger partial charge in [-0.3, -0.25) is 0 Å². The Morgan fingerprint density at radius 1 is 0.850 bits per heavy atom. The second-order valence-corrected chi connectivity index (χ2v) is 9.98. The average Bonchev–Trinajstić information content (AvgIpc) is 2.58. The Labute approximate surface area is 125 Å². The van der Waals surface area contributed by atoms with Crippen molar-refractivity contribution in [2.75, 3.05) is 6.54 Å². The zero-order chi connectivity index (χ0) is 14.2. The molecule has 20 heavy (non-hydrogen) atoms. The molecule has 1 N–H and O–H groups in total. The largest absolute Gasteiger partial charge is 0.311 e. The molecule has 4 rings (SSSR count). The molecule has 0 aromatic carbocycles. The lowest BCUT2D eigenvalue weighted by atomic mass is 9.40. The first-order valence-electron chi connectivity index (χ1n) is 9.05. The number of nitrogens with one attached hydrogen (secondary N) is 1. The summed E-state index contributed by atoms with van der Waals surface area (Å²) in [4.78, 5) is 0. The van der Waals surface area contributed by atoms with Gasteiger partial charge in [-0.2, -0.15) is 0 Å². The quantitative estimate of drug-likeness (QED) is 0.672. The molecular weight excluding hydrogens is 242 g/mol. The molecule has 5 atom stereocenters. The number of hydrogen-bond acceptors (Lipinski definition) is 1. The lowest BCUT2D eigenvalue weighted by molar-refractivity contribution is -0.141. The smallest absolute Gasteiger partial charge is 0.0159 e. The third-order valence-corrected chi connectivity index (χ3v) is 8.34. The second kappa shape index (κ2) is 3.83. The van der Waals surface area contributed by atoms with E-state index < -0.39 is 0 Å². The Morgan fingerprint density at radius 2 is 1.60 bits per heavy atom. The van der Waals surface area contributed by atoms with E-state index in [0.29, 0.717) is 21.8 Å². The molecule has 3 saturated carbocycles. The van der Waals surface area contributed by atoms with Crippen LogP contribution in [0.2, 0.25) is 0 Å². The van der Waals surface area contributed by atoms with Gasteiger partial charge in [-0.25, -0.2) is 0 Å². The molecule has 0 aromatic heterocycles. The highest BCUT2D eigenvalue weighted by atomic mass is 15.0. The Balaban J connectivity index is 1.73. The molecule has 1 nitrogen and oxygen atoms in total. The predicted octanol–water partition coefficient (Wildman–Crippen LogP) is 4.76. The van der Waals surface area contributed by atoms with Crippen LogP contribution in [0.1, 0.15) is 79.1 Å². The van der Waals surface area contributed by atoms with Crippen molar-refractivity contribution in [2.24, 2.45) is 28.1 Å². The first-order chi connectivity index (χ1) is 9.30. The normalized spacial score (nSPS) is 57.0. The summed E-state index contributed by atoms with van der Waals surface area (Å²) in [5.41, 5.74) is 2.35. The van der Waals surface area contributed by atoms with Crippen LogP contribution < -0.4 is 5.32 Å². The summed E-state index contributed by atoms with van der Waals surface area (Å²) < 4.78 is 0. The van der Waals surface area contributed by atoms with Crippen LogP contribution in [0.15, 0.2) is 0 Å². The zero-order valence-electron chi connectivity index (χ0n) is 14.0. The fourth-order valence-corrected chi connectivity index (χ4v) is 7.60. The molecule has 1 saturated heterocycles. The van der Waals surface area contributed by atoms with Crippen molar-refractivity contribution in [2.45, 2.75) is 84.6 Å². The van der Waals surface area contributed by atoms with Gasteiger partial charge in [0.05, 0.1) is 0 Å². The van der Waals surface area contributed by atoms with Crippen molar-refractivity contribution >= 4 is 0 Å². The van der Waals surface area contributed by atoms with Gasteiger partial charge in [-0.15, -0.1) is 0 Å². The number of rotatable bonds is 0. The molecule has 2 bridgehead atoms. The lowest BCUT2D eigenvalue weighted by Gasteiger charge is -2.64. The maximum atomic E-state index is 3.92. The standard InChI is InChI=1S/C19H33N/c1-16(2)8-5-9-18(4)14(16)7-11-19-12-17(3,20-13-19)10-6-15(18)19/h14-15,20H,5-13H2,1-4H3/t14-,15+,17-,18-,19-/m1/s1. The van der Waals surface area contributed by atoms with E-state index in [9.17, 15) is 0 Å². The molecule has 4 aliphatic rings. The summed E-state index contributed by atoms with van der Waals surface area (Å²) in [5, 5.41) is 3.92. The van der Waals surface area contributed by atoms with Crippen molar-refractivity contribution < 1.29 is 0 Å². The van der Waals surface area contributed by atoms with E-state index in [4.69, 9.17) is 0 Å². The van der Waals surface area contributed by atoms with Gasteiger partial charge in [-0.05, 0) is 80.0 Å². The van der Waals surface area contributed by atoms with E-state index in [2.05, 4.69) is 33.0 Å². The maximum Gasteiger partial charge on any atom is 0.0159 e. The summed E-state index contributed by atoms with van der Waals surface area (Å²) in [6, 6.07) is 0. The molecule has 1 aliphatic heterocycles. The third kappa shape index (κ3) is 1.59. The van der Waals surface area contributed by atoms with E-state index in [1.54, 1.807) is 0 Å². The highest BCUT2D eigenvalue weighted by Crippen LogP contribution is 2.69. The first-order valence-corrected chi connectivity index (χ1v) is 9.05. The second-order valence-electron chi connectivity index (χ2n) is 9.98. The van der Waals surface area contributed by atoms with Crippen molar-refractivity contribution in [3.63, 3.8) is 0 Å². The van der Waals surface area contributed by atoms with Gasteiger partial charge in [0.25, 0.3) is 0 Å². The topological polar surface area (TPSA) is 12.0 Å². The fraction of sp³-hybridized carbons (Fsp3) is 1.00. The van der Waals surface area contributed by atoms with Gasteiger partial charge in [-0.1, -0.05) is 27.2 Å². The summed E-state index contributed by atoms with van der Waals surface area (Å²) in [6.07, 6.45) is 11.8. The molecule has 0 radical (unpaired) electrons. The fourth-order valence-electron chi connectivity index (χ4n) is 7.60. The molecule has 1 spiro atoms. The van der Waals surface area contributed by atoms with Crippen molar-refractivity contribution in [3.8, 4) is 0 Å². The Kier molecular flexibility index (Phi) is 2.61. The molecule has 114 valence electrons. The van der Waals surface area contributed by atoms with Crippen LogP contribution in [0.3, 0.4) is 0 Å². The molecule has 0 unspecified atom stereocenters. The lowest BCUT2D eigenvalue weighted by Crippen LogP contribution is -2.57. The SMILES string of the molecule is CC1(C)CCC[C@]2(C)[C@@H]1CC[C@@]13CN[C@](C)(CC[C@H]12)C3. The minimum atomic E-state index is 0.476. The van der Waals surface area contributed by atoms with Gasteiger partial charge in [0.1, 0.15) is 0 Å². The predicted molar refractivity (Wildman–Crippen MR) is 84.6 cm³/mol. The van der Waals surface area contributed by atoms with E-state index in [1.165, 1.54) is 57.9 Å². The first kappa shape index (κ1) is 13.6. The molecule has 3 aliphatic carbocycles. The van der Waals surface area contributed by atoms with E-state index >= 15 is 0 Å². The van der Waals surface area contributed by atoms with Crippen LogP contribution in [0, 0.1) is 28.1 Å². The van der Waals surface area contributed by atoms with Crippen LogP contribution in [-0.2, 0) is 0 Å². The zero-order valence-corrected chi connectivity index (χ0v) is 14.0. The Bertz CT molecular complexity index is 427. The van der Waals surface area contributed by atoms with Crippen LogP contribution in [0.5, 0.6) is 0 Å². The Morgan fingerprint density at radius 3 is 2.40 bits per heavy atom. The van der Waals surface area contributed by atoms with Gasteiger partial charge in [0.2, 0.25) is 0 Å². The summed E-state index contributed by atoms with van der Waals surface area (Å²) in [6.45, 7) is 11.6. The van der Waals surface area contributed by atoms with Crippen molar-refractivity contribution in [3.05, 3.63) is 0 Å². The van der Waals surface area contributed by atoms with E-state index in [0.717, 1.165) is 11.8 Å². The minimum absolute atomic E-state index is 0.476. The van der Waals surface area contributed by atoms with Crippen molar-refractivity contribution in [1.29, 1.82) is 0 Å².